The van der Waals surface area contributed by atoms with E-state index in [-0.39, 0.29) is 29.8 Å². The van der Waals surface area contributed by atoms with Gasteiger partial charge >= 0.3 is 5.69 Å². The molecule has 0 saturated heterocycles. The van der Waals surface area contributed by atoms with E-state index in [1.54, 1.807) is 22.9 Å². The number of nitrogens with one attached hydrogen (secondary N) is 1. The van der Waals surface area contributed by atoms with E-state index >= 15 is 0 Å². The number of aromatic nitrogens is 3. The van der Waals surface area contributed by atoms with Gasteiger partial charge in [-0.05, 0) is 30.7 Å². The highest BCUT2D eigenvalue weighted by Crippen LogP contribution is 2.26. The van der Waals surface area contributed by atoms with Crippen LogP contribution in [0.4, 0.5) is 11.6 Å². The van der Waals surface area contributed by atoms with Crippen LogP contribution in [0.1, 0.15) is 27.4 Å². The Morgan fingerprint density at radius 1 is 1.19 bits per heavy atom. The Kier molecular flexibility index (Phi) is 5.93. The number of nitro benzene ring substituents is 1. The van der Waals surface area contributed by atoms with E-state index < -0.39 is 10.8 Å². The number of aryl methyl sites for hydroxylation is 1. The van der Waals surface area contributed by atoms with Crippen LogP contribution in [0.2, 0.25) is 0 Å². The van der Waals surface area contributed by atoms with Gasteiger partial charge in [-0.3, -0.25) is 20.2 Å². The van der Waals surface area contributed by atoms with Crippen LogP contribution in [0.5, 0.6) is 5.75 Å². The van der Waals surface area contributed by atoms with Crippen LogP contribution in [0.15, 0.2) is 71.4 Å². The number of carbonyl (C=O) groups is 1. The van der Waals surface area contributed by atoms with Gasteiger partial charge in [-0.2, -0.15) is 0 Å². The van der Waals surface area contributed by atoms with Crippen LogP contribution < -0.4 is 10.1 Å². The van der Waals surface area contributed by atoms with E-state index in [0.717, 1.165) is 11.1 Å². The Balaban J connectivity index is 1.35. The van der Waals surface area contributed by atoms with Crippen molar-refractivity contribution in [2.75, 3.05) is 5.32 Å². The van der Waals surface area contributed by atoms with Crippen molar-refractivity contribution in [2.45, 2.75) is 20.1 Å². The third-order valence-electron chi connectivity index (χ3n) is 4.51. The molecule has 0 aliphatic rings. The molecule has 0 unspecified atom stereocenters. The second kappa shape index (κ2) is 9.13. The number of amides is 1. The Morgan fingerprint density at radius 3 is 2.84 bits per heavy atom. The molecule has 2 aromatic carbocycles. The summed E-state index contributed by atoms with van der Waals surface area (Å²) in [6, 6.07) is 17.1. The molecule has 0 radical (unpaired) electrons. The first-order valence-electron chi connectivity index (χ1n) is 9.69. The standard InChI is InChI=1S/C22H19N5O5/c1-15-5-4-6-16(11-15)12-26-14-23-22(25-26)24-21(28)20-10-9-17(32-20)13-31-19-8-3-2-7-18(19)27(29)30/h2-11,14H,12-13H2,1H3,(H,24,25,28). The summed E-state index contributed by atoms with van der Waals surface area (Å²) in [5.74, 6) is 0.127. The van der Waals surface area contributed by atoms with Crippen molar-refractivity contribution in [3.63, 3.8) is 0 Å². The topological polar surface area (TPSA) is 125 Å². The van der Waals surface area contributed by atoms with E-state index in [2.05, 4.69) is 21.5 Å². The number of hydrogen-bond acceptors (Lipinski definition) is 7. The van der Waals surface area contributed by atoms with Gasteiger partial charge in [-0.15, -0.1) is 5.10 Å². The molecule has 0 fully saturated rings. The molecule has 32 heavy (non-hydrogen) atoms. The van der Waals surface area contributed by atoms with E-state index in [1.807, 2.05) is 25.1 Å². The van der Waals surface area contributed by atoms with Crippen molar-refractivity contribution < 1.29 is 18.9 Å². The first-order chi connectivity index (χ1) is 15.5. The molecule has 0 bridgehead atoms. The number of ether oxygens (including phenoxy) is 1. The van der Waals surface area contributed by atoms with Gasteiger partial charge in [0.15, 0.2) is 11.5 Å². The minimum atomic E-state index is -0.526. The van der Waals surface area contributed by atoms with Gasteiger partial charge in [-0.25, -0.2) is 9.67 Å². The summed E-state index contributed by atoms with van der Waals surface area (Å²) in [5, 5.41) is 17.9. The normalized spacial score (nSPS) is 10.7. The largest absolute Gasteiger partial charge is 0.479 e. The predicted octanol–water partition coefficient (Wildman–Crippen LogP) is 3.97. The fraction of sp³-hybridized carbons (Fsp3) is 0.136. The molecule has 2 heterocycles. The summed E-state index contributed by atoms with van der Waals surface area (Å²) in [6.45, 7) is 2.47. The zero-order valence-electron chi connectivity index (χ0n) is 17.1. The monoisotopic (exact) mass is 433 g/mol. The van der Waals surface area contributed by atoms with Gasteiger partial charge in [-0.1, -0.05) is 42.0 Å². The summed E-state index contributed by atoms with van der Waals surface area (Å²) in [4.78, 5) is 27.1. The molecule has 0 saturated carbocycles. The summed E-state index contributed by atoms with van der Waals surface area (Å²) >= 11 is 0. The number of rotatable bonds is 8. The number of para-hydroxylation sites is 2. The van der Waals surface area contributed by atoms with Crippen LogP contribution in [-0.2, 0) is 13.2 Å². The number of nitrogens with zero attached hydrogens (tertiary/aromatic N) is 4. The van der Waals surface area contributed by atoms with Crippen molar-refractivity contribution in [3.8, 4) is 5.75 Å². The van der Waals surface area contributed by atoms with Crippen LogP contribution in [0.25, 0.3) is 0 Å². The summed E-state index contributed by atoms with van der Waals surface area (Å²) in [5.41, 5.74) is 2.07. The third-order valence-corrected chi connectivity index (χ3v) is 4.51. The minimum Gasteiger partial charge on any atom is -0.479 e. The number of benzene rings is 2. The molecule has 1 amide bonds. The van der Waals surface area contributed by atoms with Crippen LogP contribution in [0.3, 0.4) is 0 Å². The summed E-state index contributed by atoms with van der Waals surface area (Å²) < 4.78 is 12.6. The first kappa shape index (κ1) is 20.8. The van der Waals surface area contributed by atoms with Gasteiger partial charge in [0.2, 0.25) is 5.95 Å². The molecule has 10 nitrogen and oxygen atoms in total. The molecular weight excluding hydrogens is 414 g/mol. The number of hydrogen-bond donors (Lipinski definition) is 1. The second-order valence-electron chi connectivity index (χ2n) is 6.99. The maximum Gasteiger partial charge on any atom is 0.310 e. The van der Waals surface area contributed by atoms with E-state index in [0.29, 0.717) is 12.3 Å². The Hall–Kier alpha value is -4.47. The van der Waals surface area contributed by atoms with Crippen LogP contribution >= 0.6 is 0 Å². The molecule has 0 spiro atoms. The lowest BCUT2D eigenvalue weighted by Crippen LogP contribution is -2.12. The maximum atomic E-state index is 12.4. The number of carbonyl (C=O) groups excluding carboxylic acids is 1. The van der Waals surface area contributed by atoms with E-state index in [1.165, 1.54) is 24.5 Å². The highest BCUT2D eigenvalue weighted by atomic mass is 16.6. The average molecular weight is 433 g/mol. The Bertz CT molecular complexity index is 1260. The van der Waals surface area contributed by atoms with Gasteiger partial charge < -0.3 is 9.15 Å². The molecule has 1 N–H and O–H groups in total. The maximum absolute atomic E-state index is 12.4. The average Bonchev–Trinajstić information content (AvgIpc) is 3.42. The second-order valence-corrected chi connectivity index (χ2v) is 6.99. The van der Waals surface area contributed by atoms with Gasteiger partial charge in [0.05, 0.1) is 11.5 Å². The molecule has 4 aromatic rings. The molecule has 2 aromatic heterocycles. The summed E-state index contributed by atoms with van der Waals surface area (Å²) in [7, 11) is 0. The van der Waals surface area contributed by atoms with Gasteiger partial charge in [0.1, 0.15) is 18.7 Å². The zero-order valence-corrected chi connectivity index (χ0v) is 17.1. The molecule has 0 atom stereocenters. The van der Waals surface area contributed by atoms with E-state index in [9.17, 15) is 14.9 Å². The lowest BCUT2D eigenvalue weighted by Gasteiger charge is -2.04. The zero-order chi connectivity index (χ0) is 22.5. The van der Waals surface area contributed by atoms with Crippen LogP contribution in [0, 0.1) is 17.0 Å². The van der Waals surface area contributed by atoms with Crippen molar-refractivity contribution in [2.24, 2.45) is 0 Å². The molecule has 162 valence electrons. The highest BCUT2D eigenvalue weighted by Gasteiger charge is 2.17. The minimum absolute atomic E-state index is 0.0428. The summed E-state index contributed by atoms with van der Waals surface area (Å²) in [6.07, 6.45) is 1.53. The van der Waals surface area contributed by atoms with Crippen molar-refractivity contribution in [1.82, 2.24) is 14.8 Å². The molecule has 0 aliphatic carbocycles. The molecule has 4 rings (SSSR count). The fourth-order valence-electron chi connectivity index (χ4n) is 3.05. The van der Waals surface area contributed by atoms with Gasteiger partial charge in [0.25, 0.3) is 5.91 Å². The lowest BCUT2D eigenvalue weighted by molar-refractivity contribution is -0.386. The number of anilines is 1. The molecule has 0 aliphatic heterocycles. The fourth-order valence-corrected chi connectivity index (χ4v) is 3.05. The van der Waals surface area contributed by atoms with Crippen LogP contribution in [-0.4, -0.2) is 25.6 Å². The quantitative estimate of drug-likeness (QED) is 0.329. The van der Waals surface area contributed by atoms with Crippen molar-refractivity contribution in [1.29, 1.82) is 0 Å². The van der Waals surface area contributed by atoms with E-state index in [4.69, 9.17) is 9.15 Å². The predicted molar refractivity (Wildman–Crippen MR) is 114 cm³/mol. The highest BCUT2D eigenvalue weighted by molar-refractivity contribution is 6.01. The Morgan fingerprint density at radius 2 is 2.03 bits per heavy atom. The lowest BCUT2D eigenvalue weighted by atomic mass is 10.1. The Labute approximate surface area is 182 Å². The smallest absolute Gasteiger partial charge is 0.310 e. The van der Waals surface area contributed by atoms with Crippen molar-refractivity contribution in [3.05, 3.63) is 99.8 Å². The van der Waals surface area contributed by atoms with Crippen molar-refractivity contribution >= 4 is 17.5 Å². The SMILES string of the molecule is Cc1cccc(Cn2cnc(NC(=O)c3ccc(COc4ccccc4[N+](=O)[O-])o3)n2)c1. The third kappa shape index (κ3) is 4.98. The molecule has 10 heteroatoms. The number of nitro groups is 1. The van der Waals surface area contributed by atoms with Gasteiger partial charge in [0, 0.05) is 6.07 Å². The first-order valence-corrected chi connectivity index (χ1v) is 9.69. The number of furan rings is 1. The molecular formula is C22H19N5O5.